The zero-order valence-electron chi connectivity index (χ0n) is 15.4. The minimum absolute atomic E-state index is 0.0100. The summed E-state index contributed by atoms with van der Waals surface area (Å²) in [5.41, 5.74) is 0.452. The summed E-state index contributed by atoms with van der Waals surface area (Å²) in [5.74, 6) is -2.56. The molecule has 0 bridgehead atoms. The Morgan fingerprint density at radius 3 is 2.47 bits per heavy atom. The fourth-order valence-electron chi connectivity index (χ4n) is 4.01. The maximum absolute atomic E-state index is 14.0. The summed E-state index contributed by atoms with van der Waals surface area (Å²) in [4.78, 5) is 26.6. The van der Waals surface area contributed by atoms with Gasteiger partial charge in [0, 0.05) is 34.9 Å². The molecule has 0 N–H and O–H groups in total. The number of ketones is 1. The lowest BCUT2D eigenvalue weighted by molar-refractivity contribution is 0.0985. The van der Waals surface area contributed by atoms with Gasteiger partial charge in [-0.3, -0.25) is 9.59 Å². The van der Waals surface area contributed by atoms with Crippen LogP contribution in [0.3, 0.4) is 0 Å². The van der Waals surface area contributed by atoms with Crippen LogP contribution < -0.4 is 4.90 Å². The monoisotopic (exact) mass is 425 g/mol. The van der Waals surface area contributed by atoms with E-state index in [2.05, 4.69) is 0 Å². The van der Waals surface area contributed by atoms with Gasteiger partial charge >= 0.3 is 0 Å². The zero-order valence-corrected chi connectivity index (χ0v) is 16.2. The van der Waals surface area contributed by atoms with Crippen LogP contribution in [0.25, 0.3) is 0 Å². The predicted molar refractivity (Wildman–Crippen MR) is 104 cm³/mol. The quantitative estimate of drug-likeness (QED) is 0.468. The number of amides is 1. The molecule has 0 unspecified atom stereocenters. The first-order valence-corrected chi connectivity index (χ1v) is 10.6. The van der Waals surface area contributed by atoms with Gasteiger partial charge in [0.15, 0.2) is 5.78 Å². The van der Waals surface area contributed by atoms with Gasteiger partial charge in [0.1, 0.15) is 11.6 Å². The van der Waals surface area contributed by atoms with Crippen LogP contribution in [0.15, 0.2) is 64.4 Å². The number of sulfone groups is 1. The van der Waals surface area contributed by atoms with Gasteiger partial charge in [-0.25, -0.2) is 17.2 Å². The Balaban J connectivity index is 1.61. The van der Waals surface area contributed by atoms with Gasteiger partial charge in [-0.2, -0.15) is 0 Å². The SMILES string of the molecule is O=C1c2ccccc2S(=O)(=O)c2cc(C(=O)N3CCc4c(F)cc(F)cc43)ccc21. The lowest BCUT2D eigenvalue weighted by Gasteiger charge is -2.21. The van der Waals surface area contributed by atoms with Crippen molar-refractivity contribution in [3.05, 3.63) is 88.5 Å². The number of halogens is 2. The number of nitrogens with zero attached hydrogens (tertiary/aromatic N) is 1. The molecule has 0 aromatic heterocycles. The number of anilines is 1. The molecule has 0 spiro atoms. The zero-order chi connectivity index (χ0) is 21.2. The number of benzene rings is 3. The second kappa shape index (κ2) is 6.30. The number of fused-ring (bicyclic) bond motifs is 3. The van der Waals surface area contributed by atoms with E-state index in [1.54, 1.807) is 6.07 Å². The number of carbonyl (C=O) groups excluding carboxylic acids is 2. The molecule has 0 radical (unpaired) electrons. The van der Waals surface area contributed by atoms with Crippen LogP contribution in [-0.2, 0) is 16.3 Å². The highest BCUT2D eigenvalue weighted by Crippen LogP contribution is 2.36. The van der Waals surface area contributed by atoms with Crippen LogP contribution in [0.5, 0.6) is 0 Å². The van der Waals surface area contributed by atoms with E-state index in [-0.39, 0.29) is 50.7 Å². The molecule has 3 aromatic rings. The van der Waals surface area contributed by atoms with E-state index < -0.39 is 33.2 Å². The smallest absolute Gasteiger partial charge is 0.258 e. The highest BCUT2D eigenvalue weighted by atomic mass is 32.2. The second-order valence-corrected chi connectivity index (χ2v) is 9.02. The first kappa shape index (κ1) is 18.6. The molecule has 3 aromatic carbocycles. The Morgan fingerprint density at radius 1 is 0.933 bits per heavy atom. The molecular weight excluding hydrogens is 412 g/mol. The van der Waals surface area contributed by atoms with E-state index in [4.69, 9.17) is 0 Å². The van der Waals surface area contributed by atoms with Gasteiger partial charge in [0.05, 0.1) is 15.5 Å². The normalized spacial score (nSPS) is 16.1. The van der Waals surface area contributed by atoms with Crippen LogP contribution in [0, 0.1) is 11.6 Å². The Labute approximate surface area is 170 Å². The molecule has 0 saturated heterocycles. The summed E-state index contributed by atoms with van der Waals surface area (Å²) in [5, 5.41) is 0. The minimum atomic E-state index is -4.00. The molecule has 0 fully saturated rings. The van der Waals surface area contributed by atoms with E-state index in [0.29, 0.717) is 0 Å². The maximum atomic E-state index is 14.0. The van der Waals surface area contributed by atoms with Crippen LogP contribution in [-0.4, -0.2) is 26.7 Å². The lowest BCUT2D eigenvalue weighted by atomic mass is 10.0. The van der Waals surface area contributed by atoms with Crippen molar-refractivity contribution in [1.29, 1.82) is 0 Å². The number of rotatable bonds is 1. The van der Waals surface area contributed by atoms with Gasteiger partial charge < -0.3 is 4.90 Å². The van der Waals surface area contributed by atoms with Crippen LogP contribution in [0.1, 0.15) is 31.8 Å². The summed E-state index contributed by atoms with van der Waals surface area (Å²) >= 11 is 0. The highest BCUT2D eigenvalue weighted by Gasteiger charge is 2.36. The summed E-state index contributed by atoms with van der Waals surface area (Å²) in [6.45, 7) is 0.139. The first-order chi connectivity index (χ1) is 14.3. The Hall–Kier alpha value is -3.39. The first-order valence-electron chi connectivity index (χ1n) is 9.11. The molecule has 0 aliphatic carbocycles. The molecule has 8 heteroatoms. The molecule has 30 heavy (non-hydrogen) atoms. The molecular formula is C22H13F2NO4S. The van der Waals surface area contributed by atoms with Gasteiger partial charge in [0.2, 0.25) is 9.84 Å². The van der Waals surface area contributed by atoms with Gasteiger partial charge in [-0.1, -0.05) is 12.1 Å². The van der Waals surface area contributed by atoms with E-state index >= 15 is 0 Å². The average molecular weight is 425 g/mol. The van der Waals surface area contributed by atoms with Gasteiger partial charge in [-0.05, 0) is 42.8 Å². The van der Waals surface area contributed by atoms with Crippen LogP contribution in [0.4, 0.5) is 14.5 Å². The largest absolute Gasteiger partial charge is 0.308 e. The summed E-state index contributed by atoms with van der Waals surface area (Å²) in [6, 6.07) is 11.6. The molecule has 0 saturated carbocycles. The van der Waals surface area contributed by atoms with Crippen molar-refractivity contribution < 1.29 is 26.8 Å². The van der Waals surface area contributed by atoms with E-state index in [9.17, 15) is 26.8 Å². The summed E-state index contributed by atoms with van der Waals surface area (Å²) in [7, 11) is -4.00. The Morgan fingerprint density at radius 2 is 1.67 bits per heavy atom. The van der Waals surface area contributed by atoms with Crippen molar-refractivity contribution in [1.82, 2.24) is 0 Å². The third-order valence-electron chi connectivity index (χ3n) is 5.44. The highest BCUT2D eigenvalue weighted by molar-refractivity contribution is 7.91. The van der Waals surface area contributed by atoms with Gasteiger partial charge in [-0.15, -0.1) is 0 Å². The summed E-state index contributed by atoms with van der Waals surface area (Å²) < 4.78 is 53.8. The molecule has 150 valence electrons. The summed E-state index contributed by atoms with van der Waals surface area (Å²) in [6.07, 6.45) is 0.224. The van der Waals surface area contributed by atoms with E-state index in [1.165, 1.54) is 35.2 Å². The average Bonchev–Trinajstić information content (AvgIpc) is 3.15. The molecule has 5 nitrogen and oxygen atoms in total. The van der Waals surface area contributed by atoms with Crippen LogP contribution in [0.2, 0.25) is 0 Å². The van der Waals surface area contributed by atoms with Crippen molar-refractivity contribution in [3.63, 3.8) is 0 Å². The van der Waals surface area contributed by atoms with E-state index in [1.807, 2.05) is 0 Å². The fourth-order valence-corrected chi connectivity index (χ4v) is 5.68. The second-order valence-electron chi connectivity index (χ2n) is 7.13. The van der Waals surface area contributed by atoms with Crippen molar-refractivity contribution in [2.45, 2.75) is 16.2 Å². The third kappa shape index (κ3) is 2.53. The number of carbonyl (C=O) groups is 2. The van der Waals surface area contributed by atoms with Crippen LogP contribution >= 0.6 is 0 Å². The Kier molecular flexibility index (Phi) is 3.91. The fraction of sp³-hybridized carbons (Fsp3) is 0.0909. The van der Waals surface area contributed by atoms with Crippen molar-refractivity contribution >= 4 is 27.2 Å². The molecule has 2 aliphatic rings. The van der Waals surface area contributed by atoms with Gasteiger partial charge in [0.25, 0.3) is 5.91 Å². The number of hydrogen-bond acceptors (Lipinski definition) is 4. The minimum Gasteiger partial charge on any atom is -0.308 e. The van der Waals surface area contributed by atoms with Crippen molar-refractivity contribution in [3.8, 4) is 0 Å². The molecule has 5 rings (SSSR count). The van der Waals surface area contributed by atoms with Crippen molar-refractivity contribution in [2.24, 2.45) is 0 Å². The molecule has 2 aliphatic heterocycles. The van der Waals surface area contributed by atoms with Crippen molar-refractivity contribution in [2.75, 3.05) is 11.4 Å². The Bertz CT molecular complexity index is 1380. The predicted octanol–water partition coefficient (Wildman–Crippen LogP) is 3.54. The maximum Gasteiger partial charge on any atom is 0.258 e. The molecule has 1 amide bonds. The standard InChI is InChI=1S/C22H13F2NO4S/c23-13-10-17(24)14-7-8-25(18(14)11-13)22(27)12-5-6-16-20(9-12)30(28,29)19-4-2-1-3-15(19)21(16)26/h1-6,9-11H,7-8H2. The molecule has 2 heterocycles. The number of hydrogen-bond donors (Lipinski definition) is 0. The third-order valence-corrected chi connectivity index (χ3v) is 7.29. The topological polar surface area (TPSA) is 71.5 Å². The van der Waals surface area contributed by atoms with E-state index in [0.717, 1.165) is 18.2 Å². The lowest BCUT2D eigenvalue weighted by Crippen LogP contribution is -2.29. The molecule has 0 atom stereocenters.